The molecule has 0 aliphatic carbocycles. The molecule has 36 heavy (non-hydrogen) atoms. The van der Waals surface area contributed by atoms with Gasteiger partial charge in [0.1, 0.15) is 6.61 Å². The number of ether oxygens (including phenoxy) is 1. The van der Waals surface area contributed by atoms with Gasteiger partial charge in [-0.1, -0.05) is 30.7 Å². The van der Waals surface area contributed by atoms with Crippen molar-refractivity contribution in [3.8, 4) is 17.0 Å². The molecule has 1 fully saturated rings. The molecule has 0 radical (unpaired) electrons. The van der Waals surface area contributed by atoms with Crippen LogP contribution in [0.1, 0.15) is 49.8 Å². The summed E-state index contributed by atoms with van der Waals surface area (Å²) >= 11 is 6.09. The molecule has 1 saturated heterocycles. The van der Waals surface area contributed by atoms with Crippen molar-refractivity contribution in [3.05, 3.63) is 40.7 Å². The van der Waals surface area contributed by atoms with Crippen LogP contribution >= 0.6 is 11.6 Å². The summed E-state index contributed by atoms with van der Waals surface area (Å²) in [6.45, 7) is 6.31. The third kappa shape index (κ3) is 5.17. The van der Waals surface area contributed by atoms with Crippen molar-refractivity contribution in [2.75, 3.05) is 19.7 Å². The van der Waals surface area contributed by atoms with Crippen LogP contribution in [-0.4, -0.2) is 68.2 Å². The number of halogens is 1. The second kappa shape index (κ2) is 10.8. The third-order valence-electron chi connectivity index (χ3n) is 6.37. The average Bonchev–Trinajstić information content (AvgIpc) is 3.13. The van der Waals surface area contributed by atoms with Crippen LogP contribution in [0.4, 0.5) is 0 Å². The number of piperidine rings is 1. The number of rotatable bonds is 7. The molecule has 0 unspecified atom stereocenters. The molecule has 3 heterocycles. The number of aliphatic hydroxyl groups excluding tert-OH is 1. The summed E-state index contributed by atoms with van der Waals surface area (Å²) in [4.78, 5) is 36.7. The molecule has 0 saturated carbocycles. The van der Waals surface area contributed by atoms with Crippen molar-refractivity contribution in [2.24, 2.45) is 7.05 Å². The topological polar surface area (TPSA) is 110 Å². The fourth-order valence-electron chi connectivity index (χ4n) is 4.53. The normalized spacial score (nSPS) is 14.5. The van der Waals surface area contributed by atoms with E-state index in [0.717, 1.165) is 17.0 Å². The van der Waals surface area contributed by atoms with Crippen LogP contribution in [0.15, 0.2) is 24.3 Å². The number of nitrogens with zero attached hydrogens (tertiary/aromatic N) is 4. The van der Waals surface area contributed by atoms with Gasteiger partial charge in [0.2, 0.25) is 5.91 Å². The third-order valence-corrected chi connectivity index (χ3v) is 6.62. The van der Waals surface area contributed by atoms with Crippen molar-refractivity contribution >= 4 is 34.6 Å². The molecule has 192 valence electrons. The van der Waals surface area contributed by atoms with Crippen LogP contribution in [0, 0.1) is 0 Å². The van der Waals surface area contributed by atoms with Gasteiger partial charge in [-0.3, -0.25) is 9.59 Å². The molecule has 10 heteroatoms. The second-order valence-electron chi connectivity index (χ2n) is 9.24. The molecule has 0 spiro atoms. The maximum atomic E-state index is 13.5. The Labute approximate surface area is 215 Å². The molecule has 1 aliphatic rings. The highest BCUT2D eigenvalue weighted by Crippen LogP contribution is 2.35. The quantitative estimate of drug-likeness (QED) is 0.501. The number of likely N-dealkylation sites (tertiary alicyclic amines) is 1. The zero-order valence-electron chi connectivity index (χ0n) is 21.0. The summed E-state index contributed by atoms with van der Waals surface area (Å²) in [7, 11) is 1.79. The lowest BCUT2D eigenvalue weighted by Crippen LogP contribution is -2.47. The lowest BCUT2D eigenvalue weighted by molar-refractivity contribution is -0.135. The first kappa shape index (κ1) is 25.9. The Morgan fingerprint density at radius 3 is 2.44 bits per heavy atom. The Morgan fingerprint density at radius 2 is 1.86 bits per heavy atom. The molecule has 1 aliphatic heterocycles. The van der Waals surface area contributed by atoms with Crippen LogP contribution in [0.2, 0.25) is 5.02 Å². The lowest BCUT2D eigenvalue weighted by atomic mass is 10.0. The minimum Gasteiger partial charge on any atom is -0.486 e. The van der Waals surface area contributed by atoms with Gasteiger partial charge in [-0.05, 0) is 45.2 Å². The number of fused-ring (bicyclic) bond motifs is 1. The van der Waals surface area contributed by atoms with Gasteiger partial charge < -0.3 is 24.6 Å². The van der Waals surface area contributed by atoms with E-state index in [0.29, 0.717) is 60.0 Å². The first-order valence-electron chi connectivity index (χ1n) is 12.2. The number of aryl methyl sites for hydroxylation is 2. The van der Waals surface area contributed by atoms with E-state index in [1.165, 1.54) is 0 Å². The Bertz CT molecular complexity index is 1260. The van der Waals surface area contributed by atoms with Crippen molar-refractivity contribution in [2.45, 2.75) is 52.2 Å². The summed E-state index contributed by atoms with van der Waals surface area (Å²) in [5, 5.41) is 12.8. The minimum absolute atomic E-state index is 0.0955. The largest absolute Gasteiger partial charge is 0.486 e. The molecule has 2 aromatic heterocycles. The van der Waals surface area contributed by atoms with E-state index >= 15 is 0 Å². The summed E-state index contributed by atoms with van der Waals surface area (Å²) in [5.74, 6) is -0.161. The molecule has 0 bridgehead atoms. The fourth-order valence-corrected chi connectivity index (χ4v) is 4.66. The van der Waals surface area contributed by atoms with Gasteiger partial charge in [-0.15, -0.1) is 0 Å². The highest BCUT2D eigenvalue weighted by atomic mass is 35.5. The van der Waals surface area contributed by atoms with Crippen LogP contribution in [0.5, 0.6) is 5.75 Å². The molecule has 0 atom stereocenters. The van der Waals surface area contributed by atoms with Gasteiger partial charge in [0, 0.05) is 36.8 Å². The Hall–Kier alpha value is -3.17. The number of benzene rings is 1. The van der Waals surface area contributed by atoms with E-state index in [1.54, 1.807) is 16.5 Å². The maximum Gasteiger partial charge on any atom is 0.272 e. The van der Waals surface area contributed by atoms with E-state index in [-0.39, 0.29) is 24.0 Å². The zero-order valence-corrected chi connectivity index (χ0v) is 21.8. The lowest BCUT2D eigenvalue weighted by Gasteiger charge is -2.32. The molecular weight excluding hydrogens is 482 g/mol. The molecule has 9 nitrogen and oxygen atoms in total. The highest BCUT2D eigenvalue weighted by Gasteiger charge is 2.30. The zero-order chi connectivity index (χ0) is 26.0. The molecular formula is C26H32ClN5O4. The molecule has 2 N–H and O–H groups in total. The summed E-state index contributed by atoms with van der Waals surface area (Å²) in [6.07, 6.45) is 1.71. The Morgan fingerprint density at radius 1 is 1.19 bits per heavy atom. The average molecular weight is 514 g/mol. The SMILES string of the molecule is CCc1nc2c(nc1-c1ccc(Cl)cc1)c(OC(C)C)c(C(=O)NC1CCN(C(=O)CO)CC1)n2C. The molecule has 1 aromatic carbocycles. The standard InChI is InChI=1S/C26H32ClN5O4/c1-5-19-21(16-6-8-17(27)9-7-16)30-22-24(36-15(2)3)23(31(4)25(22)29-19)26(35)28-18-10-12-32(13-11-18)20(34)14-33/h6-9,15,18,33H,5,10-14H2,1-4H3,(H,28,35). The summed E-state index contributed by atoms with van der Waals surface area (Å²) < 4.78 is 7.89. The monoisotopic (exact) mass is 513 g/mol. The van der Waals surface area contributed by atoms with E-state index in [1.807, 2.05) is 45.0 Å². The number of amides is 2. The van der Waals surface area contributed by atoms with Gasteiger partial charge in [0.25, 0.3) is 5.91 Å². The number of aromatic nitrogens is 3. The molecule has 4 rings (SSSR count). The predicted molar refractivity (Wildman–Crippen MR) is 138 cm³/mol. The van der Waals surface area contributed by atoms with Crippen LogP contribution in [-0.2, 0) is 18.3 Å². The van der Waals surface area contributed by atoms with E-state index in [4.69, 9.17) is 31.4 Å². The molecule has 2 amide bonds. The molecule has 3 aromatic rings. The van der Waals surface area contributed by atoms with Gasteiger partial charge in [0.15, 0.2) is 22.6 Å². The number of aliphatic hydroxyl groups is 1. The summed E-state index contributed by atoms with van der Waals surface area (Å²) in [6, 6.07) is 7.35. The summed E-state index contributed by atoms with van der Waals surface area (Å²) in [5.41, 5.74) is 3.90. The van der Waals surface area contributed by atoms with Crippen molar-refractivity contribution in [3.63, 3.8) is 0 Å². The fraction of sp³-hybridized carbons (Fsp3) is 0.462. The van der Waals surface area contributed by atoms with Crippen molar-refractivity contribution < 1.29 is 19.4 Å². The van der Waals surface area contributed by atoms with E-state index in [9.17, 15) is 9.59 Å². The van der Waals surface area contributed by atoms with Gasteiger partial charge in [-0.25, -0.2) is 9.97 Å². The number of carbonyl (C=O) groups is 2. The minimum atomic E-state index is -0.499. The van der Waals surface area contributed by atoms with Crippen LogP contribution in [0.3, 0.4) is 0 Å². The first-order valence-corrected chi connectivity index (χ1v) is 12.6. The van der Waals surface area contributed by atoms with Crippen LogP contribution < -0.4 is 10.1 Å². The van der Waals surface area contributed by atoms with Gasteiger partial charge in [-0.2, -0.15) is 0 Å². The smallest absolute Gasteiger partial charge is 0.272 e. The maximum absolute atomic E-state index is 13.5. The number of nitrogens with one attached hydrogen (secondary N) is 1. The van der Waals surface area contributed by atoms with Crippen molar-refractivity contribution in [1.82, 2.24) is 24.8 Å². The van der Waals surface area contributed by atoms with Gasteiger partial charge >= 0.3 is 0 Å². The predicted octanol–water partition coefficient (Wildman–Crippen LogP) is 3.35. The first-order chi connectivity index (χ1) is 17.2. The number of hydrogen-bond acceptors (Lipinski definition) is 6. The highest BCUT2D eigenvalue weighted by molar-refractivity contribution is 6.30. The Balaban J connectivity index is 1.72. The van der Waals surface area contributed by atoms with Gasteiger partial charge in [0.05, 0.1) is 17.5 Å². The van der Waals surface area contributed by atoms with Crippen LogP contribution in [0.25, 0.3) is 22.4 Å². The number of hydrogen-bond donors (Lipinski definition) is 2. The van der Waals surface area contributed by atoms with Crippen molar-refractivity contribution in [1.29, 1.82) is 0 Å². The second-order valence-corrected chi connectivity index (χ2v) is 9.68. The number of carbonyl (C=O) groups excluding carboxylic acids is 2. The van der Waals surface area contributed by atoms with E-state index in [2.05, 4.69) is 5.32 Å². The van der Waals surface area contributed by atoms with E-state index < -0.39 is 6.61 Å². The Kier molecular flexibility index (Phi) is 7.80.